The molecule has 0 unspecified atom stereocenters. The second kappa shape index (κ2) is 15.9. The van der Waals surface area contributed by atoms with Crippen LogP contribution in [0, 0.1) is 11.6 Å². The number of carboxylic acid groups (broad SMARTS) is 1. The molecule has 2 amide bonds. The van der Waals surface area contributed by atoms with Crippen LogP contribution in [0.25, 0.3) is 0 Å². The number of amides is 2. The van der Waals surface area contributed by atoms with Gasteiger partial charge in [0.15, 0.2) is 0 Å². The molecule has 0 aliphatic rings. The van der Waals surface area contributed by atoms with Crippen LogP contribution < -0.4 is 10.6 Å². The first-order valence-electron chi connectivity index (χ1n) is 13.2. The number of carbonyl (C=O) groups excluding carboxylic acids is 2. The predicted octanol–water partition coefficient (Wildman–Crippen LogP) is 3.83. The van der Waals surface area contributed by atoms with E-state index in [4.69, 9.17) is 0 Å². The van der Waals surface area contributed by atoms with Crippen molar-refractivity contribution in [3.8, 4) is 0 Å². The summed E-state index contributed by atoms with van der Waals surface area (Å²) in [5.74, 6) is -2.64. The highest BCUT2D eigenvalue weighted by Gasteiger charge is 2.32. The second-order valence-electron chi connectivity index (χ2n) is 9.72. The standard InChI is InChI=1S/C29H39F2N3O5/c1-4-6-10-24(35)16-26(34(3)29(38)39)28(37)33-25(14-21-12-22(30)15-23(31)13-21)27(36)18-32-17-20-9-7-8-19(5-2)11-20/h7-9,11-13,15,25-27,32,36H,4-6,10,14,16-18H2,1-3H3,(H,33,37)(H,38,39)/t25-,26+,27+/m0/s1. The normalized spacial score (nSPS) is 13.4. The highest BCUT2D eigenvalue weighted by Crippen LogP contribution is 2.14. The molecule has 10 heteroatoms. The van der Waals surface area contributed by atoms with Crippen LogP contribution in [0.4, 0.5) is 13.6 Å². The Morgan fingerprint density at radius 1 is 1.00 bits per heavy atom. The van der Waals surface area contributed by atoms with E-state index in [1.165, 1.54) is 7.05 Å². The summed E-state index contributed by atoms with van der Waals surface area (Å²) in [5, 5.41) is 26.3. The van der Waals surface area contributed by atoms with Gasteiger partial charge < -0.3 is 20.8 Å². The average Bonchev–Trinajstić information content (AvgIpc) is 2.89. The molecule has 214 valence electrons. The third-order valence-electron chi connectivity index (χ3n) is 6.55. The molecule has 2 aromatic carbocycles. The van der Waals surface area contributed by atoms with Crippen LogP contribution in [0.15, 0.2) is 42.5 Å². The number of halogens is 2. The molecule has 3 atom stereocenters. The number of unbranched alkanes of at least 4 members (excludes halogenated alkanes) is 1. The Bertz CT molecular complexity index is 1090. The third-order valence-corrected chi connectivity index (χ3v) is 6.55. The summed E-state index contributed by atoms with van der Waals surface area (Å²) < 4.78 is 27.7. The SMILES string of the molecule is CCCCC(=O)C[C@H](C(=O)N[C@@H](Cc1cc(F)cc(F)c1)[C@H](O)CNCc1cccc(CC)c1)N(C)C(=O)O. The molecule has 0 aliphatic heterocycles. The fourth-order valence-electron chi connectivity index (χ4n) is 4.24. The van der Waals surface area contributed by atoms with Crippen molar-refractivity contribution in [3.05, 3.63) is 70.8 Å². The summed E-state index contributed by atoms with van der Waals surface area (Å²) in [7, 11) is 1.19. The predicted molar refractivity (Wildman–Crippen MR) is 144 cm³/mol. The van der Waals surface area contributed by atoms with Crippen molar-refractivity contribution in [3.63, 3.8) is 0 Å². The van der Waals surface area contributed by atoms with E-state index in [9.17, 15) is 33.4 Å². The van der Waals surface area contributed by atoms with Gasteiger partial charge >= 0.3 is 6.09 Å². The molecule has 39 heavy (non-hydrogen) atoms. The molecule has 0 spiro atoms. The number of aliphatic hydroxyl groups is 1. The Labute approximate surface area is 228 Å². The number of aryl methyl sites for hydroxylation is 1. The topological polar surface area (TPSA) is 119 Å². The van der Waals surface area contributed by atoms with E-state index in [1.807, 2.05) is 38.1 Å². The lowest BCUT2D eigenvalue weighted by molar-refractivity contribution is -0.131. The molecule has 4 N–H and O–H groups in total. The lowest BCUT2D eigenvalue weighted by Crippen LogP contribution is -2.55. The monoisotopic (exact) mass is 547 g/mol. The zero-order valence-electron chi connectivity index (χ0n) is 22.8. The zero-order valence-corrected chi connectivity index (χ0v) is 22.8. The summed E-state index contributed by atoms with van der Waals surface area (Å²) in [6, 6.07) is 8.51. The number of Topliss-reactive ketones (excluding diaryl/α,β-unsaturated/α-hetero) is 1. The van der Waals surface area contributed by atoms with Crippen LogP contribution >= 0.6 is 0 Å². The van der Waals surface area contributed by atoms with Gasteiger partial charge in [-0.1, -0.05) is 44.5 Å². The van der Waals surface area contributed by atoms with Crippen LogP contribution in [-0.2, 0) is 29.0 Å². The molecule has 0 fully saturated rings. The molecule has 0 aromatic heterocycles. The fourth-order valence-corrected chi connectivity index (χ4v) is 4.24. The van der Waals surface area contributed by atoms with E-state index in [2.05, 4.69) is 10.6 Å². The van der Waals surface area contributed by atoms with E-state index in [-0.39, 0.29) is 37.2 Å². The Hall–Kier alpha value is -3.37. The largest absolute Gasteiger partial charge is 0.465 e. The molecule has 0 radical (unpaired) electrons. The number of ketones is 1. The maximum atomic E-state index is 13.9. The van der Waals surface area contributed by atoms with Crippen LogP contribution in [0.5, 0.6) is 0 Å². The number of hydrogen-bond donors (Lipinski definition) is 4. The molecule has 8 nitrogen and oxygen atoms in total. The van der Waals surface area contributed by atoms with Crippen molar-refractivity contribution in [2.75, 3.05) is 13.6 Å². The number of benzene rings is 2. The van der Waals surface area contributed by atoms with E-state index >= 15 is 0 Å². The molecular formula is C29H39F2N3O5. The van der Waals surface area contributed by atoms with Gasteiger partial charge in [-0.05, 0) is 48.1 Å². The summed E-state index contributed by atoms with van der Waals surface area (Å²) in [6.45, 7) is 4.44. The van der Waals surface area contributed by atoms with Gasteiger partial charge in [0.1, 0.15) is 23.5 Å². The molecule has 0 heterocycles. The first kappa shape index (κ1) is 31.8. The second-order valence-corrected chi connectivity index (χ2v) is 9.72. The summed E-state index contributed by atoms with van der Waals surface area (Å²) in [6.07, 6.45) is -0.554. The third kappa shape index (κ3) is 10.7. The van der Waals surface area contributed by atoms with Gasteiger partial charge in [0.05, 0.1) is 12.1 Å². The van der Waals surface area contributed by atoms with Gasteiger partial charge in [-0.25, -0.2) is 13.6 Å². The Morgan fingerprint density at radius 2 is 1.67 bits per heavy atom. The minimum atomic E-state index is -1.39. The lowest BCUT2D eigenvalue weighted by Gasteiger charge is -2.30. The minimum absolute atomic E-state index is 0.0357. The Balaban J connectivity index is 2.21. The number of hydrogen-bond acceptors (Lipinski definition) is 5. The quantitative estimate of drug-likeness (QED) is 0.254. The fraction of sp³-hybridized carbons (Fsp3) is 0.483. The molecule has 2 aromatic rings. The maximum Gasteiger partial charge on any atom is 0.407 e. The first-order chi connectivity index (χ1) is 18.5. The number of likely N-dealkylation sites (N-methyl/N-ethyl adjacent to an activating group) is 1. The number of nitrogens with one attached hydrogen (secondary N) is 2. The van der Waals surface area contributed by atoms with Crippen LogP contribution in [0.1, 0.15) is 56.2 Å². The molecule has 2 rings (SSSR count). The van der Waals surface area contributed by atoms with Gasteiger partial charge in [-0.2, -0.15) is 0 Å². The summed E-state index contributed by atoms with van der Waals surface area (Å²) in [5.41, 5.74) is 2.37. The minimum Gasteiger partial charge on any atom is -0.465 e. The van der Waals surface area contributed by atoms with Crippen molar-refractivity contribution < 1.29 is 33.4 Å². The van der Waals surface area contributed by atoms with Gasteiger partial charge in [0, 0.05) is 39.0 Å². The lowest BCUT2D eigenvalue weighted by atomic mass is 9.98. The van der Waals surface area contributed by atoms with Crippen LogP contribution in [0.2, 0.25) is 0 Å². The van der Waals surface area contributed by atoms with Crippen molar-refractivity contribution in [1.82, 2.24) is 15.5 Å². The van der Waals surface area contributed by atoms with E-state index in [1.54, 1.807) is 0 Å². The molecule has 0 bridgehead atoms. The highest BCUT2D eigenvalue weighted by atomic mass is 19.1. The Morgan fingerprint density at radius 3 is 2.28 bits per heavy atom. The first-order valence-corrected chi connectivity index (χ1v) is 13.2. The average molecular weight is 548 g/mol. The zero-order chi connectivity index (χ0) is 28.9. The number of nitrogens with zero attached hydrogens (tertiary/aromatic N) is 1. The van der Waals surface area contributed by atoms with Crippen LogP contribution in [0.3, 0.4) is 0 Å². The summed E-state index contributed by atoms with van der Waals surface area (Å²) in [4.78, 5) is 38.1. The Kier molecular flexibility index (Phi) is 13.0. The van der Waals surface area contributed by atoms with Gasteiger partial charge in [0.2, 0.25) is 5.91 Å². The number of carbonyl (C=O) groups is 3. The number of rotatable bonds is 16. The molecule has 0 aliphatic carbocycles. The maximum absolute atomic E-state index is 13.9. The van der Waals surface area contributed by atoms with Crippen molar-refractivity contribution in [2.45, 2.75) is 77.1 Å². The highest BCUT2D eigenvalue weighted by molar-refractivity contribution is 5.91. The van der Waals surface area contributed by atoms with Crippen molar-refractivity contribution >= 4 is 17.8 Å². The summed E-state index contributed by atoms with van der Waals surface area (Å²) >= 11 is 0. The van der Waals surface area contributed by atoms with Gasteiger partial charge in [-0.15, -0.1) is 0 Å². The van der Waals surface area contributed by atoms with E-state index < -0.39 is 41.8 Å². The number of aliphatic hydroxyl groups excluding tert-OH is 1. The van der Waals surface area contributed by atoms with Gasteiger partial charge in [0.25, 0.3) is 0 Å². The van der Waals surface area contributed by atoms with Crippen LogP contribution in [-0.4, -0.2) is 64.7 Å². The molecular weight excluding hydrogens is 508 g/mol. The smallest absolute Gasteiger partial charge is 0.407 e. The van der Waals surface area contributed by atoms with E-state index in [0.717, 1.165) is 47.1 Å². The van der Waals surface area contributed by atoms with E-state index in [0.29, 0.717) is 13.0 Å². The molecule has 0 saturated heterocycles. The van der Waals surface area contributed by atoms with Gasteiger partial charge in [-0.3, -0.25) is 14.5 Å². The van der Waals surface area contributed by atoms with Crippen molar-refractivity contribution in [1.29, 1.82) is 0 Å². The molecule has 0 saturated carbocycles. The van der Waals surface area contributed by atoms with Crippen molar-refractivity contribution in [2.24, 2.45) is 0 Å².